The highest BCUT2D eigenvalue weighted by molar-refractivity contribution is 5.92. The minimum Gasteiger partial charge on any atom is -0.379 e. The normalized spacial score (nSPS) is 20.4. The molecule has 1 fully saturated rings. The van der Waals surface area contributed by atoms with E-state index in [0.717, 1.165) is 19.4 Å². The second kappa shape index (κ2) is 5.03. The molecular weight excluding hydrogens is 211 g/mol. The van der Waals surface area contributed by atoms with Gasteiger partial charge in [0.05, 0.1) is 12.6 Å². The van der Waals surface area contributed by atoms with E-state index in [2.05, 4.69) is 10.3 Å². The van der Waals surface area contributed by atoms with Gasteiger partial charge in [0.1, 0.15) is 5.69 Å². The van der Waals surface area contributed by atoms with Crippen LogP contribution in [0.3, 0.4) is 0 Å². The quantitative estimate of drug-likeness (QED) is 0.766. The van der Waals surface area contributed by atoms with Crippen molar-refractivity contribution in [2.75, 3.05) is 13.2 Å². The third-order valence-corrected chi connectivity index (χ3v) is 2.44. The van der Waals surface area contributed by atoms with Gasteiger partial charge in [-0.2, -0.15) is 4.39 Å². The molecule has 0 aromatic carbocycles. The Morgan fingerprint density at radius 3 is 3.12 bits per heavy atom. The average Bonchev–Trinajstić information content (AvgIpc) is 2.30. The highest BCUT2D eigenvalue weighted by Gasteiger charge is 2.17. The van der Waals surface area contributed by atoms with Crippen molar-refractivity contribution in [3.8, 4) is 0 Å². The van der Waals surface area contributed by atoms with E-state index < -0.39 is 5.95 Å². The van der Waals surface area contributed by atoms with Gasteiger partial charge in [0.15, 0.2) is 0 Å². The maximum atomic E-state index is 12.8. The van der Waals surface area contributed by atoms with Gasteiger partial charge in [0.2, 0.25) is 5.95 Å². The van der Waals surface area contributed by atoms with Crippen molar-refractivity contribution < 1.29 is 13.9 Å². The summed E-state index contributed by atoms with van der Waals surface area (Å²) in [6.07, 6.45) is 1.82. The fraction of sp³-hybridized carbons (Fsp3) is 0.455. The van der Waals surface area contributed by atoms with E-state index in [-0.39, 0.29) is 17.6 Å². The zero-order valence-electron chi connectivity index (χ0n) is 8.78. The number of ether oxygens (including phenoxy) is 1. The summed E-state index contributed by atoms with van der Waals surface area (Å²) in [5.74, 6) is -0.998. The lowest BCUT2D eigenvalue weighted by molar-refractivity contribution is 0.0621. The lowest BCUT2D eigenvalue weighted by Gasteiger charge is -2.22. The van der Waals surface area contributed by atoms with Crippen molar-refractivity contribution in [3.63, 3.8) is 0 Å². The first-order valence-corrected chi connectivity index (χ1v) is 5.27. The molecule has 2 heterocycles. The molecule has 0 spiro atoms. The van der Waals surface area contributed by atoms with Gasteiger partial charge in [0.25, 0.3) is 5.91 Å². The van der Waals surface area contributed by atoms with Crippen LogP contribution in [0.25, 0.3) is 0 Å². The Kier molecular flexibility index (Phi) is 3.46. The van der Waals surface area contributed by atoms with Gasteiger partial charge in [-0.3, -0.25) is 4.79 Å². The minimum atomic E-state index is -0.646. The van der Waals surface area contributed by atoms with Gasteiger partial charge in [-0.1, -0.05) is 6.07 Å². The predicted molar refractivity (Wildman–Crippen MR) is 55.5 cm³/mol. The Balaban J connectivity index is 1.97. The summed E-state index contributed by atoms with van der Waals surface area (Å²) in [5, 5.41) is 2.77. The molecule has 1 aliphatic heterocycles. The van der Waals surface area contributed by atoms with Crippen LogP contribution in [0.15, 0.2) is 18.2 Å². The van der Waals surface area contributed by atoms with Crippen LogP contribution in [-0.4, -0.2) is 30.1 Å². The average molecular weight is 224 g/mol. The molecule has 0 aliphatic carbocycles. The smallest absolute Gasteiger partial charge is 0.270 e. The largest absolute Gasteiger partial charge is 0.379 e. The predicted octanol–water partition coefficient (Wildman–Crippen LogP) is 1.13. The molecular formula is C11H13FN2O2. The van der Waals surface area contributed by atoms with Crippen LogP contribution in [-0.2, 0) is 4.74 Å². The number of hydrogen-bond donors (Lipinski definition) is 1. The first kappa shape index (κ1) is 11.0. The van der Waals surface area contributed by atoms with E-state index in [9.17, 15) is 9.18 Å². The molecule has 5 heteroatoms. The molecule has 0 radical (unpaired) electrons. The third-order valence-electron chi connectivity index (χ3n) is 2.44. The summed E-state index contributed by atoms with van der Waals surface area (Å²) < 4.78 is 18.0. The van der Waals surface area contributed by atoms with E-state index in [4.69, 9.17) is 4.74 Å². The maximum absolute atomic E-state index is 12.8. The molecule has 1 aromatic heterocycles. The monoisotopic (exact) mass is 224 g/mol. The molecule has 1 aromatic rings. The van der Waals surface area contributed by atoms with Gasteiger partial charge < -0.3 is 10.1 Å². The van der Waals surface area contributed by atoms with E-state index in [1.165, 1.54) is 18.2 Å². The molecule has 16 heavy (non-hydrogen) atoms. The Morgan fingerprint density at radius 2 is 2.44 bits per heavy atom. The SMILES string of the molecule is O=C(NC1CCCOC1)c1cccc(F)n1. The number of nitrogens with one attached hydrogen (secondary N) is 1. The molecule has 1 unspecified atom stereocenters. The van der Waals surface area contributed by atoms with Crippen molar-refractivity contribution in [1.82, 2.24) is 10.3 Å². The Labute approximate surface area is 92.8 Å². The summed E-state index contributed by atoms with van der Waals surface area (Å²) >= 11 is 0. The van der Waals surface area contributed by atoms with Crippen LogP contribution < -0.4 is 5.32 Å². The summed E-state index contributed by atoms with van der Waals surface area (Å²) in [5.41, 5.74) is 0.102. The highest BCUT2D eigenvalue weighted by Crippen LogP contribution is 2.07. The summed E-state index contributed by atoms with van der Waals surface area (Å²) in [6.45, 7) is 1.26. The number of amides is 1. The van der Waals surface area contributed by atoms with Crippen LogP contribution in [0.5, 0.6) is 0 Å². The zero-order valence-corrected chi connectivity index (χ0v) is 8.78. The second-order valence-corrected chi connectivity index (χ2v) is 3.73. The highest BCUT2D eigenvalue weighted by atomic mass is 19.1. The molecule has 1 N–H and O–H groups in total. The maximum Gasteiger partial charge on any atom is 0.270 e. The number of halogens is 1. The van der Waals surface area contributed by atoms with Crippen LogP contribution in [0.1, 0.15) is 23.3 Å². The first-order chi connectivity index (χ1) is 7.75. The van der Waals surface area contributed by atoms with Crippen LogP contribution in [0.4, 0.5) is 4.39 Å². The Morgan fingerprint density at radius 1 is 1.56 bits per heavy atom. The molecule has 1 saturated heterocycles. The number of aromatic nitrogens is 1. The summed E-state index contributed by atoms with van der Waals surface area (Å²) in [4.78, 5) is 15.2. The molecule has 1 aliphatic rings. The fourth-order valence-corrected chi connectivity index (χ4v) is 1.65. The van der Waals surface area contributed by atoms with Gasteiger partial charge in [0, 0.05) is 6.61 Å². The molecule has 2 rings (SSSR count). The van der Waals surface area contributed by atoms with E-state index in [0.29, 0.717) is 6.61 Å². The Bertz CT molecular complexity index is 378. The molecule has 4 nitrogen and oxygen atoms in total. The van der Waals surface area contributed by atoms with Gasteiger partial charge in [-0.25, -0.2) is 4.98 Å². The first-order valence-electron chi connectivity index (χ1n) is 5.27. The van der Waals surface area contributed by atoms with E-state index in [1.54, 1.807) is 0 Å². The third kappa shape index (κ3) is 2.76. The van der Waals surface area contributed by atoms with Crippen LogP contribution in [0.2, 0.25) is 0 Å². The number of carbonyl (C=O) groups excluding carboxylic acids is 1. The number of hydrogen-bond acceptors (Lipinski definition) is 3. The minimum absolute atomic E-state index is 0.00585. The van der Waals surface area contributed by atoms with Gasteiger partial charge in [-0.05, 0) is 25.0 Å². The zero-order chi connectivity index (χ0) is 11.4. The van der Waals surface area contributed by atoms with Crippen molar-refractivity contribution >= 4 is 5.91 Å². The molecule has 1 atom stereocenters. The molecule has 1 amide bonds. The standard InChI is InChI=1S/C11H13FN2O2/c12-10-5-1-4-9(14-10)11(15)13-8-3-2-6-16-7-8/h1,4-5,8H,2-3,6-7H2,(H,13,15). The van der Waals surface area contributed by atoms with Crippen LogP contribution >= 0.6 is 0 Å². The van der Waals surface area contributed by atoms with E-state index in [1.807, 2.05) is 0 Å². The van der Waals surface area contributed by atoms with E-state index >= 15 is 0 Å². The fourth-order valence-electron chi connectivity index (χ4n) is 1.65. The summed E-state index contributed by atoms with van der Waals surface area (Å²) in [6, 6.07) is 4.17. The number of carbonyl (C=O) groups is 1. The summed E-state index contributed by atoms with van der Waals surface area (Å²) in [7, 11) is 0. The van der Waals surface area contributed by atoms with Gasteiger partial charge >= 0.3 is 0 Å². The number of nitrogens with zero attached hydrogens (tertiary/aromatic N) is 1. The number of pyridine rings is 1. The second-order valence-electron chi connectivity index (χ2n) is 3.73. The number of rotatable bonds is 2. The van der Waals surface area contributed by atoms with Gasteiger partial charge in [-0.15, -0.1) is 0 Å². The molecule has 0 bridgehead atoms. The van der Waals surface area contributed by atoms with Crippen molar-refractivity contribution in [2.24, 2.45) is 0 Å². The van der Waals surface area contributed by atoms with Crippen molar-refractivity contribution in [1.29, 1.82) is 0 Å². The van der Waals surface area contributed by atoms with Crippen molar-refractivity contribution in [3.05, 3.63) is 29.8 Å². The Hall–Kier alpha value is -1.49. The van der Waals surface area contributed by atoms with Crippen molar-refractivity contribution in [2.45, 2.75) is 18.9 Å². The lowest BCUT2D eigenvalue weighted by atomic mass is 10.1. The molecule has 86 valence electrons. The topological polar surface area (TPSA) is 51.2 Å². The molecule has 0 saturated carbocycles. The lowest BCUT2D eigenvalue weighted by Crippen LogP contribution is -2.40. The van der Waals surface area contributed by atoms with Crippen LogP contribution in [0, 0.1) is 5.95 Å².